The van der Waals surface area contributed by atoms with E-state index in [9.17, 15) is 8.60 Å². The Morgan fingerprint density at radius 1 is 1.00 bits per heavy atom. The van der Waals surface area contributed by atoms with Gasteiger partial charge in [0.25, 0.3) is 0 Å². The lowest BCUT2D eigenvalue weighted by atomic mass is 9.96. The highest BCUT2D eigenvalue weighted by Gasteiger charge is 2.12. The van der Waals surface area contributed by atoms with Crippen LogP contribution in [0.1, 0.15) is 5.56 Å². The van der Waals surface area contributed by atoms with E-state index in [0.29, 0.717) is 5.56 Å². The molecule has 0 aliphatic carbocycles. The smallest absolute Gasteiger partial charge is 0.157 e. The molecule has 0 aliphatic rings. The Bertz CT molecular complexity index is 945. The van der Waals surface area contributed by atoms with E-state index in [1.165, 1.54) is 12.1 Å². The van der Waals surface area contributed by atoms with Crippen molar-refractivity contribution >= 4 is 42.9 Å². The fraction of sp³-hybridized carbons (Fsp3) is 0.0556. The molecule has 0 bridgehead atoms. The van der Waals surface area contributed by atoms with Crippen molar-refractivity contribution in [1.29, 1.82) is 0 Å². The zero-order chi connectivity index (χ0) is 18.0. The summed E-state index contributed by atoms with van der Waals surface area (Å²) in [5.41, 5.74) is 3.52. The lowest BCUT2D eigenvalue weighted by molar-refractivity contribution is 0.559. The highest BCUT2D eigenvalue weighted by molar-refractivity contribution is 9.11. The van der Waals surface area contributed by atoms with Crippen LogP contribution in [-0.2, 0) is 16.8 Å². The summed E-state index contributed by atoms with van der Waals surface area (Å²) in [5, 5.41) is 0. The van der Waals surface area contributed by atoms with E-state index in [0.717, 1.165) is 25.6 Å². The van der Waals surface area contributed by atoms with Crippen LogP contribution in [0.4, 0.5) is 4.39 Å². The van der Waals surface area contributed by atoms with E-state index in [1.807, 2.05) is 24.3 Å². The minimum atomic E-state index is -2.08. The molecule has 1 atom stereocenters. The Morgan fingerprint density at radius 3 is 2.36 bits per heavy atom. The Kier molecular flexibility index (Phi) is 5.78. The molecule has 1 aromatic heterocycles. The first kappa shape index (κ1) is 18.4. The first-order chi connectivity index (χ1) is 11.9. The molecule has 3 aromatic rings. The first-order valence-electron chi connectivity index (χ1n) is 7.21. The molecular formula is C18H12Br2FNO2S. The lowest BCUT2D eigenvalue weighted by Gasteiger charge is -2.11. The maximum absolute atomic E-state index is 14.3. The second kappa shape index (κ2) is 7.86. The third kappa shape index (κ3) is 4.41. The van der Waals surface area contributed by atoms with Gasteiger partial charge in [0.1, 0.15) is 5.82 Å². The zero-order valence-electron chi connectivity index (χ0n) is 12.7. The van der Waals surface area contributed by atoms with Crippen LogP contribution in [0.15, 0.2) is 63.8 Å². The third-order valence-corrected chi connectivity index (χ3v) is 5.11. The summed E-state index contributed by atoms with van der Waals surface area (Å²) in [7, 11) is 0. The van der Waals surface area contributed by atoms with E-state index in [-0.39, 0.29) is 11.3 Å². The molecule has 7 heteroatoms. The fourth-order valence-electron chi connectivity index (χ4n) is 2.55. The van der Waals surface area contributed by atoms with Crippen molar-refractivity contribution in [1.82, 2.24) is 4.98 Å². The molecular weight excluding hydrogens is 473 g/mol. The van der Waals surface area contributed by atoms with Crippen molar-refractivity contribution in [2.75, 3.05) is 0 Å². The number of halogens is 3. The molecule has 0 saturated carbocycles. The average Bonchev–Trinajstić information content (AvgIpc) is 2.55. The molecule has 25 heavy (non-hydrogen) atoms. The molecule has 3 nitrogen and oxygen atoms in total. The summed E-state index contributed by atoms with van der Waals surface area (Å²) in [6.07, 6.45) is 3.37. The first-order valence-corrected chi connectivity index (χ1v) is 10.1. The van der Waals surface area contributed by atoms with Gasteiger partial charge in [-0.15, -0.1) is 0 Å². The van der Waals surface area contributed by atoms with Gasteiger partial charge >= 0.3 is 0 Å². The van der Waals surface area contributed by atoms with Crippen LogP contribution in [-0.4, -0.2) is 13.7 Å². The minimum absolute atomic E-state index is 0.209. The van der Waals surface area contributed by atoms with Crippen molar-refractivity contribution in [2.24, 2.45) is 0 Å². The molecule has 128 valence electrons. The third-order valence-electron chi connectivity index (χ3n) is 3.64. The van der Waals surface area contributed by atoms with E-state index < -0.39 is 16.9 Å². The van der Waals surface area contributed by atoms with Crippen LogP contribution in [0.5, 0.6) is 0 Å². The maximum atomic E-state index is 14.3. The van der Waals surface area contributed by atoms with Crippen molar-refractivity contribution in [2.45, 2.75) is 5.75 Å². The van der Waals surface area contributed by atoms with Gasteiger partial charge in [0.05, 0.1) is 5.75 Å². The summed E-state index contributed by atoms with van der Waals surface area (Å²) < 4.78 is 36.0. The van der Waals surface area contributed by atoms with Crippen LogP contribution in [0, 0.1) is 5.82 Å². The average molecular weight is 485 g/mol. The summed E-state index contributed by atoms with van der Waals surface area (Å²) in [6.45, 7) is 0. The van der Waals surface area contributed by atoms with E-state index in [1.54, 1.807) is 18.5 Å². The standard InChI is InChI=1S/C18H12Br2FNO2S/c19-14-5-13(6-15(20)8-14)16-3-4-22-9-17(16)11-1-2-12(10-25(23)24)18(21)7-11/h1-9H,10H2,(H,23,24). The quantitative estimate of drug-likeness (QED) is 0.476. The number of pyridine rings is 1. The number of rotatable bonds is 4. The molecule has 1 unspecified atom stereocenters. The topological polar surface area (TPSA) is 50.2 Å². The van der Waals surface area contributed by atoms with Crippen LogP contribution in [0.3, 0.4) is 0 Å². The zero-order valence-corrected chi connectivity index (χ0v) is 16.7. The summed E-state index contributed by atoms with van der Waals surface area (Å²) in [6, 6.07) is 12.4. The number of nitrogens with zero attached hydrogens (tertiary/aromatic N) is 1. The molecule has 0 amide bonds. The van der Waals surface area contributed by atoms with Crippen LogP contribution in [0.2, 0.25) is 0 Å². The Hall–Kier alpha value is -1.41. The van der Waals surface area contributed by atoms with Gasteiger partial charge in [-0.25, -0.2) is 8.60 Å². The SMILES string of the molecule is O=S(O)Cc1ccc(-c2cnccc2-c2cc(Br)cc(Br)c2)cc1F. The van der Waals surface area contributed by atoms with Gasteiger partial charge < -0.3 is 4.55 Å². The predicted octanol–water partition coefficient (Wildman–Crippen LogP) is 5.80. The van der Waals surface area contributed by atoms with Gasteiger partial charge in [-0.05, 0) is 47.0 Å². The highest BCUT2D eigenvalue weighted by Crippen LogP contribution is 2.35. The summed E-state index contributed by atoms with van der Waals surface area (Å²) in [4.78, 5) is 4.16. The van der Waals surface area contributed by atoms with Crippen molar-refractivity contribution in [3.63, 3.8) is 0 Å². The molecule has 0 radical (unpaired) electrons. The Balaban J connectivity index is 2.10. The molecule has 0 saturated heterocycles. The lowest BCUT2D eigenvalue weighted by Crippen LogP contribution is -1.97. The van der Waals surface area contributed by atoms with Crippen molar-refractivity contribution < 1.29 is 13.2 Å². The molecule has 2 aromatic carbocycles. The Morgan fingerprint density at radius 2 is 1.72 bits per heavy atom. The van der Waals surface area contributed by atoms with E-state index >= 15 is 0 Å². The molecule has 0 spiro atoms. The van der Waals surface area contributed by atoms with E-state index in [2.05, 4.69) is 36.8 Å². The van der Waals surface area contributed by atoms with E-state index in [4.69, 9.17) is 4.55 Å². The van der Waals surface area contributed by atoms with Gasteiger partial charge in [-0.3, -0.25) is 4.98 Å². The monoisotopic (exact) mass is 483 g/mol. The number of hydrogen-bond acceptors (Lipinski definition) is 2. The van der Waals surface area contributed by atoms with Crippen molar-refractivity contribution in [3.05, 3.63) is 75.2 Å². The largest absolute Gasteiger partial charge is 0.306 e. The van der Waals surface area contributed by atoms with Crippen molar-refractivity contribution in [3.8, 4) is 22.3 Å². The van der Waals surface area contributed by atoms with Crippen LogP contribution >= 0.6 is 31.9 Å². The van der Waals surface area contributed by atoms with Gasteiger partial charge in [0, 0.05) is 32.5 Å². The molecule has 1 N–H and O–H groups in total. The molecule has 0 aliphatic heterocycles. The molecule has 1 heterocycles. The number of benzene rings is 2. The van der Waals surface area contributed by atoms with Crippen LogP contribution in [0.25, 0.3) is 22.3 Å². The van der Waals surface area contributed by atoms with Gasteiger partial charge in [0.2, 0.25) is 0 Å². The fourth-order valence-corrected chi connectivity index (χ4v) is 4.34. The maximum Gasteiger partial charge on any atom is 0.157 e. The number of aromatic nitrogens is 1. The second-order valence-corrected chi connectivity index (χ2v) is 8.11. The second-order valence-electron chi connectivity index (χ2n) is 5.35. The highest BCUT2D eigenvalue weighted by atomic mass is 79.9. The summed E-state index contributed by atoms with van der Waals surface area (Å²) >= 11 is 4.87. The van der Waals surface area contributed by atoms with Gasteiger partial charge in [-0.1, -0.05) is 44.0 Å². The normalized spacial score (nSPS) is 12.2. The van der Waals surface area contributed by atoms with Gasteiger partial charge in [0.15, 0.2) is 11.1 Å². The van der Waals surface area contributed by atoms with Crippen LogP contribution < -0.4 is 0 Å². The number of hydrogen-bond donors (Lipinski definition) is 1. The Labute approximate surface area is 163 Å². The molecule has 3 rings (SSSR count). The molecule has 0 fully saturated rings. The summed E-state index contributed by atoms with van der Waals surface area (Å²) in [5.74, 6) is -0.741. The minimum Gasteiger partial charge on any atom is -0.306 e. The van der Waals surface area contributed by atoms with Gasteiger partial charge in [-0.2, -0.15) is 0 Å². The predicted molar refractivity (Wildman–Crippen MR) is 105 cm³/mol.